The van der Waals surface area contributed by atoms with Gasteiger partial charge in [0.1, 0.15) is 11.5 Å². The van der Waals surface area contributed by atoms with E-state index in [1.54, 1.807) is 4.90 Å². The highest BCUT2D eigenvalue weighted by atomic mass is 35.5. The van der Waals surface area contributed by atoms with Crippen molar-refractivity contribution in [3.05, 3.63) is 46.9 Å². The highest BCUT2D eigenvalue weighted by molar-refractivity contribution is 6.30. The van der Waals surface area contributed by atoms with Crippen LogP contribution in [0.3, 0.4) is 0 Å². The molecule has 1 N–H and O–H groups in total. The number of anilines is 2. The number of carbonyl (C=O) groups excluding carboxylic acids is 1. The molecular weight excluding hydrogens is 383 g/mol. The minimum absolute atomic E-state index is 0.0212. The van der Waals surface area contributed by atoms with E-state index in [9.17, 15) is 18.0 Å². The standard InChI is InChI=1S/C17H17ClF3N5O/c1-25-4-6-26(7-5-25)16(27)14-9-23-15(10-22-14)24-13-3-2-11(18)8-12(13)17(19,20)21/h2-3,8-10H,4-7H2,1H3,(H,23,24). The minimum atomic E-state index is -4.57. The predicted octanol–water partition coefficient (Wildman–Crippen LogP) is 3.28. The van der Waals surface area contributed by atoms with Gasteiger partial charge in [0, 0.05) is 31.2 Å². The van der Waals surface area contributed by atoms with Gasteiger partial charge in [-0.1, -0.05) is 11.6 Å². The molecule has 1 amide bonds. The number of hydrogen-bond donors (Lipinski definition) is 1. The zero-order valence-corrected chi connectivity index (χ0v) is 15.2. The maximum atomic E-state index is 13.1. The SMILES string of the molecule is CN1CCN(C(=O)c2cnc(Nc3ccc(Cl)cc3C(F)(F)F)cn2)CC1. The Bertz CT molecular complexity index is 820. The molecule has 0 spiro atoms. The molecule has 144 valence electrons. The summed E-state index contributed by atoms with van der Waals surface area (Å²) in [6.07, 6.45) is -2.08. The molecule has 1 aromatic heterocycles. The molecule has 2 aromatic rings. The number of likely N-dealkylation sites (N-methyl/N-ethyl adjacent to an activating group) is 1. The van der Waals surface area contributed by atoms with Gasteiger partial charge < -0.3 is 15.1 Å². The van der Waals surface area contributed by atoms with Crippen LogP contribution in [0, 0.1) is 0 Å². The summed E-state index contributed by atoms with van der Waals surface area (Å²) in [6.45, 7) is 2.73. The van der Waals surface area contributed by atoms with Crippen LogP contribution in [0.15, 0.2) is 30.6 Å². The van der Waals surface area contributed by atoms with E-state index in [-0.39, 0.29) is 28.1 Å². The van der Waals surface area contributed by atoms with Crippen molar-refractivity contribution in [2.75, 3.05) is 38.5 Å². The van der Waals surface area contributed by atoms with Crippen molar-refractivity contribution in [3.8, 4) is 0 Å². The maximum Gasteiger partial charge on any atom is 0.418 e. The molecule has 1 aliphatic heterocycles. The van der Waals surface area contributed by atoms with Gasteiger partial charge in [-0.15, -0.1) is 0 Å². The summed E-state index contributed by atoms with van der Waals surface area (Å²) in [5.41, 5.74) is -0.953. The van der Waals surface area contributed by atoms with E-state index in [4.69, 9.17) is 11.6 Å². The Morgan fingerprint density at radius 1 is 1.15 bits per heavy atom. The second kappa shape index (κ2) is 7.69. The Balaban J connectivity index is 1.74. The van der Waals surface area contributed by atoms with Gasteiger partial charge in [-0.25, -0.2) is 9.97 Å². The van der Waals surface area contributed by atoms with E-state index in [0.717, 1.165) is 19.2 Å². The Kier molecular flexibility index (Phi) is 5.52. The van der Waals surface area contributed by atoms with E-state index in [1.807, 2.05) is 7.05 Å². The van der Waals surface area contributed by atoms with Gasteiger partial charge in [0.05, 0.1) is 23.6 Å². The molecule has 1 aromatic carbocycles. The van der Waals surface area contributed by atoms with Crippen LogP contribution in [-0.4, -0.2) is 58.9 Å². The van der Waals surface area contributed by atoms with Crippen molar-refractivity contribution in [1.29, 1.82) is 0 Å². The number of hydrogen-bond acceptors (Lipinski definition) is 5. The van der Waals surface area contributed by atoms with Gasteiger partial charge in [-0.3, -0.25) is 4.79 Å². The first-order valence-corrected chi connectivity index (χ1v) is 8.55. The summed E-state index contributed by atoms with van der Waals surface area (Å²) < 4.78 is 39.4. The van der Waals surface area contributed by atoms with Crippen molar-refractivity contribution in [1.82, 2.24) is 19.8 Å². The number of rotatable bonds is 3. The molecule has 0 aliphatic carbocycles. The van der Waals surface area contributed by atoms with Crippen molar-refractivity contribution in [3.63, 3.8) is 0 Å². The van der Waals surface area contributed by atoms with Crippen LogP contribution < -0.4 is 5.32 Å². The monoisotopic (exact) mass is 399 g/mol. The summed E-state index contributed by atoms with van der Waals surface area (Å²) in [5, 5.41) is 2.55. The summed E-state index contributed by atoms with van der Waals surface area (Å²) >= 11 is 5.66. The fourth-order valence-electron chi connectivity index (χ4n) is 2.67. The highest BCUT2D eigenvalue weighted by Crippen LogP contribution is 2.37. The van der Waals surface area contributed by atoms with Crippen LogP contribution in [0.1, 0.15) is 16.1 Å². The Hall–Kier alpha value is -2.39. The van der Waals surface area contributed by atoms with E-state index >= 15 is 0 Å². The van der Waals surface area contributed by atoms with Gasteiger partial charge in [0.15, 0.2) is 0 Å². The third kappa shape index (κ3) is 4.67. The summed E-state index contributed by atoms with van der Waals surface area (Å²) in [5.74, 6) is -0.151. The largest absolute Gasteiger partial charge is 0.418 e. The fourth-order valence-corrected chi connectivity index (χ4v) is 2.84. The molecule has 0 saturated carbocycles. The first-order valence-electron chi connectivity index (χ1n) is 8.17. The molecule has 1 saturated heterocycles. The summed E-state index contributed by atoms with van der Waals surface area (Å²) in [4.78, 5) is 24.3. The summed E-state index contributed by atoms with van der Waals surface area (Å²) in [6, 6.07) is 3.40. The van der Waals surface area contributed by atoms with Gasteiger partial charge in [-0.2, -0.15) is 13.2 Å². The molecule has 1 fully saturated rings. The second-order valence-electron chi connectivity index (χ2n) is 6.20. The number of amides is 1. The predicted molar refractivity (Wildman–Crippen MR) is 95.2 cm³/mol. The number of benzene rings is 1. The molecular formula is C17H17ClF3N5O. The zero-order valence-electron chi connectivity index (χ0n) is 14.4. The Labute approximate surface area is 159 Å². The van der Waals surface area contributed by atoms with Crippen molar-refractivity contribution >= 4 is 29.0 Å². The number of piperazine rings is 1. The topological polar surface area (TPSA) is 61.4 Å². The first-order chi connectivity index (χ1) is 12.7. The van der Waals surface area contributed by atoms with E-state index < -0.39 is 11.7 Å². The number of nitrogens with one attached hydrogen (secondary N) is 1. The Morgan fingerprint density at radius 3 is 2.44 bits per heavy atom. The maximum absolute atomic E-state index is 13.1. The molecule has 0 unspecified atom stereocenters. The van der Waals surface area contributed by atoms with E-state index in [2.05, 4.69) is 20.2 Å². The number of alkyl halides is 3. The molecule has 27 heavy (non-hydrogen) atoms. The number of aromatic nitrogens is 2. The van der Waals surface area contributed by atoms with E-state index in [0.29, 0.717) is 13.1 Å². The third-order valence-corrected chi connectivity index (χ3v) is 4.45. The van der Waals surface area contributed by atoms with Gasteiger partial charge >= 0.3 is 6.18 Å². The minimum Gasteiger partial charge on any atom is -0.338 e. The van der Waals surface area contributed by atoms with Crippen molar-refractivity contribution in [2.24, 2.45) is 0 Å². The lowest BCUT2D eigenvalue weighted by molar-refractivity contribution is -0.136. The molecule has 0 radical (unpaired) electrons. The Morgan fingerprint density at radius 2 is 1.85 bits per heavy atom. The molecule has 6 nitrogen and oxygen atoms in total. The lowest BCUT2D eigenvalue weighted by atomic mass is 10.1. The van der Waals surface area contributed by atoms with Crippen LogP contribution in [-0.2, 0) is 6.18 Å². The van der Waals surface area contributed by atoms with Crippen molar-refractivity contribution in [2.45, 2.75) is 6.18 Å². The van der Waals surface area contributed by atoms with Crippen molar-refractivity contribution < 1.29 is 18.0 Å². The van der Waals surface area contributed by atoms with Gasteiger partial charge in [-0.05, 0) is 25.2 Å². The third-order valence-electron chi connectivity index (χ3n) is 4.21. The van der Waals surface area contributed by atoms with Crippen LogP contribution in [0.4, 0.5) is 24.7 Å². The van der Waals surface area contributed by atoms with Crippen LogP contribution >= 0.6 is 11.6 Å². The van der Waals surface area contributed by atoms with Crippen LogP contribution in [0.2, 0.25) is 5.02 Å². The molecule has 1 aliphatic rings. The molecule has 0 atom stereocenters. The highest BCUT2D eigenvalue weighted by Gasteiger charge is 2.34. The number of halogens is 4. The average Bonchev–Trinajstić information content (AvgIpc) is 2.63. The molecule has 10 heteroatoms. The molecule has 2 heterocycles. The number of carbonyl (C=O) groups is 1. The first kappa shape index (κ1) is 19.4. The normalized spacial score (nSPS) is 15.7. The smallest absolute Gasteiger partial charge is 0.338 e. The lowest BCUT2D eigenvalue weighted by Gasteiger charge is -2.32. The fraction of sp³-hybridized carbons (Fsp3) is 0.353. The summed E-state index contributed by atoms with van der Waals surface area (Å²) in [7, 11) is 1.98. The van der Waals surface area contributed by atoms with Gasteiger partial charge in [0.25, 0.3) is 5.91 Å². The zero-order chi connectivity index (χ0) is 19.6. The lowest BCUT2D eigenvalue weighted by Crippen LogP contribution is -2.47. The van der Waals surface area contributed by atoms with Crippen LogP contribution in [0.5, 0.6) is 0 Å². The van der Waals surface area contributed by atoms with E-state index in [1.165, 1.54) is 24.5 Å². The average molecular weight is 400 g/mol. The quantitative estimate of drug-likeness (QED) is 0.858. The molecule has 3 rings (SSSR count). The van der Waals surface area contributed by atoms with Gasteiger partial charge in [0.2, 0.25) is 0 Å². The second-order valence-corrected chi connectivity index (χ2v) is 6.63. The molecule has 0 bridgehead atoms. The number of nitrogens with zero attached hydrogens (tertiary/aromatic N) is 4. The van der Waals surface area contributed by atoms with Crippen LogP contribution in [0.25, 0.3) is 0 Å².